The summed E-state index contributed by atoms with van der Waals surface area (Å²) in [5, 5.41) is 3.52. The van der Waals surface area contributed by atoms with Crippen molar-refractivity contribution in [3.8, 4) is 22.6 Å². The number of hydrogen-bond acceptors (Lipinski definition) is 8. The summed E-state index contributed by atoms with van der Waals surface area (Å²) in [6, 6.07) is 11.1. The molecule has 0 saturated carbocycles. The van der Waals surface area contributed by atoms with Gasteiger partial charge in [0.05, 0.1) is 31.6 Å². The van der Waals surface area contributed by atoms with Crippen molar-refractivity contribution in [1.82, 2.24) is 25.3 Å². The van der Waals surface area contributed by atoms with Crippen LogP contribution >= 0.6 is 0 Å². The van der Waals surface area contributed by atoms with Gasteiger partial charge in [0.25, 0.3) is 0 Å². The third-order valence-corrected chi connectivity index (χ3v) is 7.38. The van der Waals surface area contributed by atoms with Crippen LogP contribution in [-0.4, -0.2) is 51.3 Å². The van der Waals surface area contributed by atoms with Crippen molar-refractivity contribution in [3.05, 3.63) is 90.4 Å². The summed E-state index contributed by atoms with van der Waals surface area (Å²) in [6.45, 7) is 6.65. The van der Waals surface area contributed by atoms with Crippen molar-refractivity contribution in [3.63, 3.8) is 0 Å². The minimum Gasteiger partial charge on any atom is -0.451 e. The standard InChI is InChI=1S/C30H30F2N6O2/c1-19(2)28-25(12-33-17-36-28)24-9-22(32)7-8-26(24)40-27-13-34-18-37-29(27)38-15-30(16-38)10-23(14-39-30)35-11-20-3-5-21(31)6-4-20/h3-9,12-13,17-19,23,35H,10-11,14-16H2,1-2H3. The fraction of sp³-hybridized carbons (Fsp3) is 0.333. The van der Waals surface area contributed by atoms with Crippen LogP contribution in [0.2, 0.25) is 0 Å². The molecule has 1 atom stereocenters. The number of nitrogens with one attached hydrogen (secondary N) is 1. The molecule has 1 unspecified atom stereocenters. The van der Waals surface area contributed by atoms with Gasteiger partial charge >= 0.3 is 0 Å². The number of aromatic nitrogens is 4. The van der Waals surface area contributed by atoms with Crippen LogP contribution < -0.4 is 15.0 Å². The van der Waals surface area contributed by atoms with E-state index >= 15 is 0 Å². The van der Waals surface area contributed by atoms with Crippen LogP contribution in [0.1, 0.15) is 37.4 Å². The first-order valence-electron chi connectivity index (χ1n) is 13.3. The number of halogens is 2. The molecule has 2 aromatic heterocycles. The second kappa shape index (κ2) is 10.9. The van der Waals surface area contributed by atoms with Crippen molar-refractivity contribution in [2.45, 2.75) is 44.4 Å². The Labute approximate surface area is 231 Å². The lowest BCUT2D eigenvalue weighted by molar-refractivity contribution is -0.0189. The van der Waals surface area contributed by atoms with E-state index in [9.17, 15) is 8.78 Å². The van der Waals surface area contributed by atoms with Crippen LogP contribution in [0.25, 0.3) is 11.1 Å². The van der Waals surface area contributed by atoms with E-state index < -0.39 is 0 Å². The Bertz CT molecular complexity index is 1490. The first kappa shape index (κ1) is 26.2. The van der Waals surface area contributed by atoms with Crippen LogP contribution in [0.4, 0.5) is 14.6 Å². The van der Waals surface area contributed by atoms with E-state index in [0.717, 1.165) is 17.7 Å². The lowest BCUT2D eigenvalue weighted by Gasteiger charge is -2.47. The molecule has 4 heterocycles. The Balaban J connectivity index is 1.16. The zero-order valence-corrected chi connectivity index (χ0v) is 22.3. The second-order valence-corrected chi connectivity index (χ2v) is 10.7. The highest BCUT2D eigenvalue weighted by Gasteiger charge is 2.50. The predicted octanol–water partition coefficient (Wildman–Crippen LogP) is 5.27. The zero-order chi connectivity index (χ0) is 27.7. The molecule has 2 saturated heterocycles. The SMILES string of the molecule is CC(C)c1ncncc1-c1cc(F)ccc1Oc1cncnc1N1CC2(CC(NCc3ccc(F)cc3)CO2)C1. The number of rotatable bonds is 8. The minimum atomic E-state index is -0.379. The Hall–Kier alpha value is -4.02. The van der Waals surface area contributed by atoms with Crippen LogP contribution in [-0.2, 0) is 11.3 Å². The van der Waals surface area contributed by atoms with Gasteiger partial charge in [-0.25, -0.2) is 28.7 Å². The smallest absolute Gasteiger partial charge is 0.188 e. The average molecular weight is 545 g/mol. The van der Waals surface area contributed by atoms with Crippen molar-refractivity contribution in [2.75, 3.05) is 24.6 Å². The fourth-order valence-electron chi connectivity index (χ4n) is 5.41. The average Bonchev–Trinajstić information content (AvgIpc) is 3.38. The van der Waals surface area contributed by atoms with Crippen molar-refractivity contribution in [2.24, 2.45) is 0 Å². The van der Waals surface area contributed by atoms with Gasteiger partial charge in [0.15, 0.2) is 11.6 Å². The zero-order valence-electron chi connectivity index (χ0n) is 22.3. The molecule has 0 radical (unpaired) electrons. The van der Waals surface area contributed by atoms with Crippen molar-refractivity contribution < 1.29 is 18.3 Å². The maximum absolute atomic E-state index is 14.4. The second-order valence-electron chi connectivity index (χ2n) is 10.7. The summed E-state index contributed by atoms with van der Waals surface area (Å²) in [4.78, 5) is 19.4. The predicted molar refractivity (Wildman–Crippen MR) is 146 cm³/mol. The summed E-state index contributed by atoms with van der Waals surface area (Å²) in [5.74, 6) is 1.08. The number of nitrogens with zero attached hydrogens (tertiary/aromatic N) is 5. The van der Waals surface area contributed by atoms with Crippen LogP contribution in [0, 0.1) is 11.6 Å². The van der Waals surface area contributed by atoms with E-state index in [-0.39, 0.29) is 29.2 Å². The maximum Gasteiger partial charge on any atom is 0.188 e. The lowest BCUT2D eigenvalue weighted by Crippen LogP contribution is -2.62. The molecule has 2 aromatic carbocycles. The number of hydrogen-bond donors (Lipinski definition) is 1. The summed E-state index contributed by atoms with van der Waals surface area (Å²) in [5.41, 5.74) is 2.85. The lowest BCUT2D eigenvalue weighted by atomic mass is 9.89. The molecule has 0 amide bonds. The molecule has 206 valence electrons. The molecule has 2 fully saturated rings. The van der Waals surface area contributed by atoms with Gasteiger partial charge in [-0.15, -0.1) is 0 Å². The molecule has 4 aromatic rings. The van der Waals surface area contributed by atoms with Gasteiger partial charge in [0, 0.05) is 29.9 Å². The Morgan fingerprint density at radius 1 is 0.975 bits per heavy atom. The van der Waals surface area contributed by atoms with E-state index in [4.69, 9.17) is 9.47 Å². The molecule has 8 nitrogen and oxygen atoms in total. The molecule has 0 bridgehead atoms. The van der Waals surface area contributed by atoms with Gasteiger partial charge in [-0.05, 0) is 48.2 Å². The third kappa shape index (κ3) is 5.37. The molecular formula is C30H30F2N6O2. The summed E-state index contributed by atoms with van der Waals surface area (Å²) < 4.78 is 40.1. The van der Waals surface area contributed by atoms with Crippen LogP contribution in [0.3, 0.4) is 0 Å². The van der Waals surface area contributed by atoms with Crippen molar-refractivity contribution >= 4 is 5.82 Å². The Morgan fingerprint density at radius 2 is 1.73 bits per heavy atom. The van der Waals surface area contributed by atoms with Gasteiger partial charge in [-0.3, -0.25) is 0 Å². The van der Waals surface area contributed by atoms with E-state index in [1.165, 1.54) is 36.9 Å². The minimum absolute atomic E-state index is 0.113. The molecule has 1 N–H and O–H groups in total. The van der Waals surface area contributed by atoms with Gasteiger partial charge in [0.1, 0.15) is 35.6 Å². The molecule has 2 aliphatic heterocycles. The van der Waals surface area contributed by atoms with Crippen molar-refractivity contribution in [1.29, 1.82) is 0 Å². The van der Waals surface area contributed by atoms with Crippen LogP contribution in [0.5, 0.6) is 11.5 Å². The Morgan fingerprint density at radius 3 is 2.52 bits per heavy atom. The van der Waals surface area contributed by atoms with Crippen LogP contribution in [0.15, 0.2) is 67.5 Å². The molecule has 40 heavy (non-hydrogen) atoms. The monoisotopic (exact) mass is 544 g/mol. The fourth-order valence-corrected chi connectivity index (χ4v) is 5.41. The van der Waals surface area contributed by atoms with Gasteiger partial charge in [0.2, 0.25) is 0 Å². The molecule has 6 rings (SSSR count). The van der Waals surface area contributed by atoms with E-state index in [2.05, 4.69) is 30.2 Å². The molecule has 2 aliphatic rings. The number of ether oxygens (including phenoxy) is 2. The van der Waals surface area contributed by atoms with Gasteiger partial charge in [-0.1, -0.05) is 26.0 Å². The van der Waals surface area contributed by atoms with E-state index in [1.807, 2.05) is 13.8 Å². The first-order valence-corrected chi connectivity index (χ1v) is 13.3. The third-order valence-electron chi connectivity index (χ3n) is 7.38. The van der Waals surface area contributed by atoms with Gasteiger partial charge in [-0.2, -0.15) is 0 Å². The highest BCUT2D eigenvalue weighted by Crippen LogP contribution is 2.43. The van der Waals surface area contributed by atoms with E-state index in [0.29, 0.717) is 54.7 Å². The summed E-state index contributed by atoms with van der Waals surface area (Å²) >= 11 is 0. The summed E-state index contributed by atoms with van der Waals surface area (Å²) in [6.07, 6.45) is 7.15. The molecule has 10 heteroatoms. The molecular weight excluding hydrogens is 514 g/mol. The van der Waals surface area contributed by atoms with Gasteiger partial charge < -0.3 is 19.7 Å². The highest BCUT2D eigenvalue weighted by molar-refractivity contribution is 5.73. The molecule has 0 aliphatic carbocycles. The highest BCUT2D eigenvalue weighted by atomic mass is 19.1. The number of benzene rings is 2. The largest absolute Gasteiger partial charge is 0.451 e. The van der Waals surface area contributed by atoms with E-state index in [1.54, 1.807) is 30.6 Å². The Kier molecular flexibility index (Phi) is 7.12. The number of anilines is 1. The quantitative estimate of drug-likeness (QED) is 0.321. The maximum atomic E-state index is 14.4. The topological polar surface area (TPSA) is 85.3 Å². The molecule has 1 spiro atoms. The summed E-state index contributed by atoms with van der Waals surface area (Å²) in [7, 11) is 0. The first-order chi connectivity index (χ1) is 19.4. The normalized spacial score (nSPS) is 17.8.